The molecule has 0 aliphatic carbocycles. The lowest BCUT2D eigenvalue weighted by Crippen LogP contribution is -2.24. The summed E-state index contributed by atoms with van der Waals surface area (Å²) < 4.78 is 31.4. The van der Waals surface area contributed by atoms with E-state index in [1.165, 1.54) is 0 Å². The van der Waals surface area contributed by atoms with Gasteiger partial charge in [0.1, 0.15) is 0 Å². The van der Waals surface area contributed by atoms with Crippen molar-refractivity contribution in [3.63, 3.8) is 0 Å². The molecule has 0 heterocycles. The zero-order valence-corrected chi connectivity index (χ0v) is 11.8. The predicted octanol–water partition coefficient (Wildman–Crippen LogP) is 2.30. The van der Waals surface area contributed by atoms with E-state index in [1.807, 2.05) is 0 Å². The highest BCUT2D eigenvalue weighted by Gasteiger charge is 2.12. The molecule has 0 aliphatic heterocycles. The number of unbranched alkanes of at least 4 members (excludes halogenated alkanes) is 2. The topological polar surface area (TPSA) is 55.4 Å². The van der Waals surface area contributed by atoms with Gasteiger partial charge in [0.15, 0.2) is 0 Å². The minimum absolute atomic E-state index is 0.304. The van der Waals surface area contributed by atoms with Crippen molar-refractivity contribution in [2.75, 3.05) is 13.7 Å². The van der Waals surface area contributed by atoms with E-state index in [0.29, 0.717) is 18.0 Å². The summed E-state index contributed by atoms with van der Waals surface area (Å²) in [6.07, 6.45) is 2.99. The van der Waals surface area contributed by atoms with Crippen molar-refractivity contribution < 1.29 is 13.2 Å². The molecular formula is C13H21NO3S. The second-order valence-electron chi connectivity index (χ2n) is 4.18. The lowest BCUT2D eigenvalue weighted by molar-refractivity contribution is 0.185. The molecule has 0 spiro atoms. The Bertz CT molecular complexity index is 440. The largest absolute Gasteiger partial charge is 0.380 e. The maximum atomic E-state index is 11.9. The number of hydrogen-bond acceptors (Lipinski definition) is 3. The molecule has 0 fully saturated rings. The fourth-order valence-electron chi connectivity index (χ4n) is 1.60. The van der Waals surface area contributed by atoms with E-state index < -0.39 is 10.0 Å². The van der Waals surface area contributed by atoms with Gasteiger partial charge in [-0.05, 0) is 24.1 Å². The normalized spacial score (nSPS) is 11.7. The number of rotatable bonds is 8. The second-order valence-corrected chi connectivity index (χ2v) is 5.95. The third-order valence-corrected chi connectivity index (χ3v) is 4.09. The smallest absolute Gasteiger partial charge is 0.240 e. The van der Waals surface area contributed by atoms with Crippen LogP contribution in [0.15, 0.2) is 29.2 Å². The summed E-state index contributed by atoms with van der Waals surface area (Å²) in [6, 6.07) is 6.75. The Kier molecular flexibility index (Phi) is 6.32. The third-order valence-electron chi connectivity index (χ3n) is 2.62. The zero-order valence-electron chi connectivity index (χ0n) is 11.0. The number of ether oxygens (including phenoxy) is 1. The summed E-state index contributed by atoms with van der Waals surface area (Å²) in [4.78, 5) is 0.304. The van der Waals surface area contributed by atoms with Crippen LogP contribution in [0.3, 0.4) is 0 Å². The van der Waals surface area contributed by atoms with Crippen molar-refractivity contribution in [3.05, 3.63) is 29.8 Å². The Hall–Kier alpha value is -0.910. The molecule has 0 unspecified atom stereocenters. The number of methoxy groups -OCH3 is 1. The molecule has 0 amide bonds. The summed E-state index contributed by atoms with van der Waals surface area (Å²) in [6.45, 7) is 3.07. The van der Waals surface area contributed by atoms with Gasteiger partial charge >= 0.3 is 0 Å². The minimum Gasteiger partial charge on any atom is -0.380 e. The average molecular weight is 271 g/mol. The fourth-order valence-corrected chi connectivity index (χ4v) is 2.67. The highest BCUT2D eigenvalue weighted by Crippen LogP contribution is 2.11. The van der Waals surface area contributed by atoms with E-state index in [-0.39, 0.29) is 0 Å². The lowest BCUT2D eigenvalue weighted by Gasteiger charge is -2.07. The first-order valence-corrected chi connectivity index (χ1v) is 7.66. The van der Waals surface area contributed by atoms with Crippen molar-refractivity contribution in [3.8, 4) is 0 Å². The first kappa shape index (κ1) is 15.1. The van der Waals surface area contributed by atoms with Gasteiger partial charge in [-0.25, -0.2) is 13.1 Å². The van der Waals surface area contributed by atoms with Crippen molar-refractivity contribution in [1.82, 2.24) is 4.72 Å². The van der Waals surface area contributed by atoms with Crippen LogP contribution in [-0.2, 0) is 21.4 Å². The van der Waals surface area contributed by atoms with E-state index in [1.54, 1.807) is 31.4 Å². The van der Waals surface area contributed by atoms with Crippen molar-refractivity contribution in [2.45, 2.75) is 37.7 Å². The summed E-state index contributed by atoms with van der Waals surface area (Å²) in [5, 5.41) is 0. The summed E-state index contributed by atoms with van der Waals surface area (Å²) >= 11 is 0. The van der Waals surface area contributed by atoms with Crippen LogP contribution in [0.2, 0.25) is 0 Å². The lowest BCUT2D eigenvalue weighted by atomic mass is 10.2. The molecule has 1 aromatic carbocycles. The van der Waals surface area contributed by atoms with Crippen LogP contribution in [0.4, 0.5) is 0 Å². The number of nitrogens with one attached hydrogen (secondary N) is 1. The summed E-state index contributed by atoms with van der Waals surface area (Å²) in [5.74, 6) is 0. The number of sulfonamides is 1. The molecule has 0 radical (unpaired) electrons. The molecule has 102 valence electrons. The van der Waals surface area contributed by atoms with Crippen LogP contribution in [0.25, 0.3) is 0 Å². The maximum absolute atomic E-state index is 11.9. The molecule has 5 heteroatoms. The van der Waals surface area contributed by atoms with Crippen molar-refractivity contribution >= 4 is 10.0 Å². The monoisotopic (exact) mass is 271 g/mol. The van der Waals surface area contributed by atoms with E-state index in [9.17, 15) is 8.42 Å². The van der Waals surface area contributed by atoms with Gasteiger partial charge in [-0.15, -0.1) is 0 Å². The SMILES string of the molecule is CCCCCNS(=O)(=O)c1ccc(COC)cc1. The molecule has 4 nitrogen and oxygen atoms in total. The molecule has 0 aliphatic rings. The first-order valence-electron chi connectivity index (χ1n) is 6.17. The van der Waals surface area contributed by atoms with Crippen molar-refractivity contribution in [2.24, 2.45) is 0 Å². The number of hydrogen-bond donors (Lipinski definition) is 1. The summed E-state index contributed by atoms with van der Waals surface area (Å²) in [5.41, 5.74) is 0.961. The second kappa shape index (κ2) is 7.51. The van der Waals surface area contributed by atoms with Crippen LogP contribution >= 0.6 is 0 Å². The Labute approximate surface area is 109 Å². The summed E-state index contributed by atoms with van der Waals surface area (Å²) in [7, 11) is -1.75. The Morgan fingerprint density at radius 3 is 2.39 bits per heavy atom. The Morgan fingerprint density at radius 1 is 1.17 bits per heavy atom. The van der Waals surface area contributed by atoms with Crippen LogP contribution in [0.5, 0.6) is 0 Å². The Balaban J connectivity index is 2.61. The van der Waals surface area contributed by atoms with E-state index in [2.05, 4.69) is 11.6 Å². The van der Waals surface area contributed by atoms with Gasteiger partial charge in [-0.3, -0.25) is 0 Å². The quantitative estimate of drug-likeness (QED) is 0.738. The molecule has 0 saturated heterocycles. The maximum Gasteiger partial charge on any atom is 0.240 e. The molecule has 0 bridgehead atoms. The highest BCUT2D eigenvalue weighted by molar-refractivity contribution is 7.89. The molecule has 1 rings (SSSR count). The van der Waals surface area contributed by atoms with Gasteiger partial charge < -0.3 is 4.74 Å². The van der Waals surface area contributed by atoms with Gasteiger partial charge in [-0.2, -0.15) is 0 Å². The minimum atomic E-state index is -3.36. The van der Waals surface area contributed by atoms with Crippen LogP contribution in [0.1, 0.15) is 31.7 Å². The van der Waals surface area contributed by atoms with Gasteiger partial charge in [-0.1, -0.05) is 31.9 Å². The predicted molar refractivity (Wildman–Crippen MR) is 71.9 cm³/mol. The molecular weight excluding hydrogens is 250 g/mol. The Morgan fingerprint density at radius 2 is 1.83 bits per heavy atom. The van der Waals surface area contributed by atoms with E-state index in [0.717, 1.165) is 24.8 Å². The molecule has 1 aromatic rings. The standard InChI is InChI=1S/C13H21NO3S/c1-3-4-5-10-14-18(15,16)13-8-6-12(7-9-13)11-17-2/h6-9,14H,3-5,10-11H2,1-2H3. The fraction of sp³-hybridized carbons (Fsp3) is 0.538. The van der Waals surface area contributed by atoms with E-state index in [4.69, 9.17) is 4.74 Å². The van der Waals surface area contributed by atoms with Gasteiger partial charge in [0.2, 0.25) is 10.0 Å². The van der Waals surface area contributed by atoms with Crippen LogP contribution < -0.4 is 4.72 Å². The molecule has 0 atom stereocenters. The molecule has 0 aromatic heterocycles. The number of benzene rings is 1. The van der Waals surface area contributed by atoms with Crippen molar-refractivity contribution in [1.29, 1.82) is 0 Å². The van der Waals surface area contributed by atoms with Gasteiger partial charge in [0, 0.05) is 13.7 Å². The van der Waals surface area contributed by atoms with Crippen LogP contribution in [-0.4, -0.2) is 22.1 Å². The third kappa shape index (κ3) is 4.76. The van der Waals surface area contributed by atoms with E-state index >= 15 is 0 Å². The van der Waals surface area contributed by atoms with Crippen LogP contribution in [0, 0.1) is 0 Å². The van der Waals surface area contributed by atoms with Gasteiger partial charge in [0.05, 0.1) is 11.5 Å². The average Bonchev–Trinajstić information content (AvgIpc) is 2.36. The molecule has 1 N–H and O–H groups in total. The molecule has 0 saturated carbocycles. The first-order chi connectivity index (χ1) is 8.60. The van der Waals surface area contributed by atoms with Gasteiger partial charge in [0.25, 0.3) is 0 Å². The highest BCUT2D eigenvalue weighted by atomic mass is 32.2. The molecule has 18 heavy (non-hydrogen) atoms. The zero-order chi connectivity index (χ0) is 13.4.